The number of nitrogens with one attached hydrogen (secondary N) is 4. The third-order valence-corrected chi connectivity index (χ3v) is 9.75. The van der Waals surface area contributed by atoms with E-state index in [-0.39, 0.29) is 23.3 Å². The summed E-state index contributed by atoms with van der Waals surface area (Å²) in [6.07, 6.45) is 0.838. The summed E-state index contributed by atoms with van der Waals surface area (Å²) in [6, 6.07) is 10.9. The Kier molecular flexibility index (Phi) is 14.7. The molecule has 0 saturated heterocycles. The number of benzene rings is 2. The number of carbonyl (C=O) groups excluding carboxylic acids is 2. The summed E-state index contributed by atoms with van der Waals surface area (Å²) in [7, 11) is -5.18. The van der Waals surface area contributed by atoms with Gasteiger partial charge >= 0.3 is 0 Å². The maximum absolute atomic E-state index is 11.5. The lowest BCUT2D eigenvalue weighted by atomic mass is 10.1. The van der Waals surface area contributed by atoms with Gasteiger partial charge in [-0.2, -0.15) is 0 Å². The average Bonchev–Trinajstić information content (AvgIpc) is 2.87. The largest absolute Gasteiger partial charge is 0.325 e. The van der Waals surface area contributed by atoms with E-state index >= 15 is 0 Å². The summed E-state index contributed by atoms with van der Waals surface area (Å²) in [5.41, 5.74) is 7.19. The Labute approximate surface area is 259 Å². The number of carbonyl (C=O) groups is 2. The highest BCUT2D eigenvalue weighted by atomic mass is 127. The second kappa shape index (κ2) is 16.4. The summed E-state index contributed by atoms with van der Waals surface area (Å²) in [5, 5.41) is 5.47. The smallest absolute Gasteiger partial charge is 0.221 e. The van der Waals surface area contributed by atoms with E-state index in [4.69, 9.17) is 0 Å². The van der Waals surface area contributed by atoms with E-state index < -0.39 is 28.1 Å². The minimum Gasteiger partial charge on any atom is -0.325 e. The molecule has 0 radical (unpaired) electrons. The lowest BCUT2D eigenvalue weighted by Gasteiger charge is -2.10. The van der Waals surface area contributed by atoms with E-state index in [2.05, 4.69) is 73.8 Å². The summed E-state index contributed by atoms with van der Waals surface area (Å²) in [4.78, 5) is 22.3. The van der Waals surface area contributed by atoms with Crippen molar-refractivity contribution in [2.24, 2.45) is 0 Å². The second-order valence-electron chi connectivity index (χ2n) is 10.1. The van der Waals surface area contributed by atoms with Gasteiger partial charge in [-0.3, -0.25) is 9.59 Å². The number of aryl methyl sites for hydroxylation is 2. The van der Waals surface area contributed by atoms with Crippen LogP contribution in [0.4, 0.5) is 11.4 Å². The van der Waals surface area contributed by atoms with Crippen molar-refractivity contribution in [1.82, 2.24) is 9.44 Å². The lowest BCUT2D eigenvalue weighted by molar-refractivity contribution is -0.115. The SMILES string of the molecule is CNS(=O)(=O)CCc1ccc(NC(C)=O)c(C#C[Si](C)(C)C)c1.CNS(=O)(=O)CCc1ccc(NC(C)=O)c(I)c1. The van der Waals surface area contributed by atoms with E-state index in [0.29, 0.717) is 18.5 Å². The molecule has 0 atom stereocenters. The van der Waals surface area contributed by atoms with Crippen LogP contribution in [-0.4, -0.2) is 62.3 Å². The normalized spacial score (nSPS) is 11.4. The van der Waals surface area contributed by atoms with Crippen molar-refractivity contribution in [3.05, 3.63) is 56.7 Å². The Balaban J connectivity index is 0.000000422. The van der Waals surface area contributed by atoms with E-state index in [1.54, 1.807) is 12.1 Å². The van der Waals surface area contributed by atoms with Crippen LogP contribution in [-0.2, 0) is 42.5 Å². The summed E-state index contributed by atoms with van der Waals surface area (Å²) in [5.74, 6) is 2.93. The number of hydrogen-bond donors (Lipinski definition) is 4. The molecule has 0 aliphatic heterocycles. The molecule has 226 valence electrons. The molecule has 0 spiro atoms. The number of halogens is 1. The van der Waals surface area contributed by atoms with Gasteiger partial charge in [0.05, 0.1) is 22.9 Å². The van der Waals surface area contributed by atoms with Gasteiger partial charge in [-0.05, 0) is 84.9 Å². The van der Waals surface area contributed by atoms with Gasteiger partial charge in [0.25, 0.3) is 0 Å². The van der Waals surface area contributed by atoms with Crippen molar-refractivity contribution in [3.63, 3.8) is 0 Å². The maximum Gasteiger partial charge on any atom is 0.221 e. The topological polar surface area (TPSA) is 151 Å². The highest BCUT2D eigenvalue weighted by Crippen LogP contribution is 2.20. The van der Waals surface area contributed by atoms with Crippen molar-refractivity contribution < 1.29 is 26.4 Å². The zero-order valence-corrected chi connectivity index (χ0v) is 29.2. The quantitative estimate of drug-likeness (QED) is 0.167. The van der Waals surface area contributed by atoms with E-state index in [1.165, 1.54) is 27.9 Å². The molecule has 4 N–H and O–H groups in total. The number of rotatable bonds is 10. The minimum absolute atomic E-state index is 0.0177. The molecule has 0 fully saturated rings. The van der Waals surface area contributed by atoms with Gasteiger partial charge in [0.15, 0.2) is 0 Å². The molecule has 14 heteroatoms. The molecular weight excluding hydrogens is 695 g/mol. The fourth-order valence-electron chi connectivity index (χ4n) is 3.12. The first-order valence-electron chi connectivity index (χ1n) is 12.7. The Bertz CT molecular complexity index is 1510. The first kappa shape index (κ1) is 36.7. The van der Waals surface area contributed by atoms with Gasteiger partial charge in [0, 0.05) is 23.0 Å². The standard InChI is InChI=1S/C16H24N2O3SSi.C11H15IN2O3S/c1-13(19)18-16-7-6-14(8-10-22(20,21)17-2)12-15(16)9-11-23(3,4)5;1-8(15)14-11-4-3-9(7-10(11)12)5-6-18(16,17)13-2/h6-7,12,17H,8,10H2,1-5H3,(H,18,19);3-4,7,13H,5-6H2,1-2H3,(H,14,15). The molecule has 2 aromatic carbocycles. The van der Waals surface area contributed by atoms with Crippen molar-refractivity contribution in [2.75, 3.05) is 36.2 Å². The molecule has 0 aliphatic carbocycles. The molecule has 2 rings (SSSR count). The van der Waals surface area contributed by atoms with Crippen LogP contribution < -0.4 is 20.1 Å². The predicted octanol–water partition coefficient (Wildman–Crippen LogP) is 3.31. The zero-order valence-electron chi connectivity index (χ0n) is 24.4. The highest BCUT2D eigenvalue weighted by Gasteiger charge is 2.12. The zero-order chi connectivity index (χ0) is 31.4. The lowest BCUT2D eigenvalue weighted by Crippen LogP contribution is -2.23. The van der Waals surface area contributed by atoms with Crippen molar-refractivity contribution in [2.45, 2.75) is 46.3 Å². The molecular formula is C27H39IN4O6S2Si. The Morgan fingerprint density at radius 2 is 1.22 bits per heavy atom. The van der Waals surface area contributed by atoms with Gasteiger partial charge in [-0.25, -0.2) is 26.3 Å². The van der Waals surface area contributed by atoms with Gasteiger partial charge < -0.3 is 10.6 Å². The van der Waals surface area contributed by atoms with Crippen molar-refractivity contribution >= 4 is 73.9 Å². The molecule has 41 heavy (non-hydrogen) atoms. The van der Waals surface area contributed by atoms with Gasteiger partial charge in [-0.1, -0.05) is 37.7 Å². The molecule has 0 unspecified atom stereocenters. The van der Waals surface area contributed by atoms with Crippen LogP contribution >= 0.6 is 22.6 Å². The monoisotopic (exact) mass is 734 g/mol. The number of anilines is 2. The fraction of sp³-hybridized carbons (Fsp3) is 0.407. The van der Waals surface area contributed by atoms with Gasteiger partial charge in [0.1, 0.15) is 8.07 Å². The molecule has 0 bridgehead atoms. The van der Waals surface area contributed by atoms with Crippen LogP contribution in [0.3, 0.4) is 0 Å². The number of amides is 2. The van der Waals surface area contributed by atoms with E-state index in [0.717, 1.165) is 25.9 Å². The Morgan fingerprint density at radius 3 is 1.63 bits per heavy atom. The molecule has 2 amide bonds. The predicted molar refractivity (Wildman–Crippen MR) is 178 cm³/mol. The van der Waals surface area contributed by atoms with Crippen LogP contribution in [0, 0.1) is 15.0 Å². The first-order chi connectivity index (χ1) is 18.9. The highest BCUT2D eigenvalue weighted by molar-refractivity contribution is 14.1. The Morgan fingerprint density at radius 1 is 0.780 bits per heavy atom. The van der Waals surface area contributed by atoms with Gasteiger partial charge in [0.2, 0.25) is 31.9 Å². The van der Waals surface area contributed by atoms with E-state index in [1.807, 2.05) is 24.3 Å². The third-order valence-electron chi connectivity index (χ3n) is 5.25. The van der Waals surface area contributed by atoms with Crippen LogP contribution in [0.25, 0.3) is 0 Å². The second-order valence-corrected chi connectivity index (χ2v) is 20.1. The summed E-state index contributed by atoms with van der Waals surface area (Å²) in [6.45, 7) is 9.32. The third kappa shape index (κ3) is 15.5. The molecule has 0 aliphatic rings. The summed E-state index contributed by atoms with van der Waals surface area (Å²) >= 11 is 2.11. The van der Waals surface area contributed by atoms with Crippen LogP contribution in [0.5, 0.6) is 0 Å². The molecule has 10 nitrogen and oxygen atoms in total. The fourth-order valence-corrected chi connectivity index (χ4v) is 5.76. The van der Waals surface area contributed by atoms with Crippen LogP contribution in [0.1, 0.15) is 30.5 Å². The summed E-state index contributed by atoms with van der Waals surface area (Å²) < 4.78 is 51.1. The minimum atomic E-state index is -3.24. The van der Waals surface area contributed by atoms with Crippen molar-refractivity contribution in [1.29, 1.82) is 0 Å². The molecule has 0 aromatic heterocycles. The van der Waals surface area contributed by atoms with Gasteiger partial charge in [-0.15, -0.1) is 5.54 Å². The molecule has 0 saturated carbocycles. The van der Waals surface area contributed by atoms with E-state index in [9.17, 15) is 26.4 Å². The van der Waals surface area contributed by atoms with Crippen molar-refractivity contribution in [3.8, 4) is 11.5 Å². The maximum atomic E-state index is 11.5. The van der Waals surface area contributed by atoms with Crippen LogP contribution in [0.2, 0.25) is 19.6 Å². The average molecular weight is 735 g/mol. The molecule has 0 heterocycles. The molecule has 2 aromatic rings. The number of sulfonamides is 2. The van der Waals surface area contributed by atoms with Crippen LogP contribution in [0.15, 0.2) is 36.4 Å². The number of hydrogen-bond acceptors (Lipinski definition) is 6. The first-order valence-corrected chi connectivity index (χ1v) is 20.6. The Hall–Kier alpha value is -2.29.